The molecule has 0 bridgehead atoms. The van der Waals surface area contributed by atoms with Crippen molar-refractivity contribution in [1.29, 1.82) is 0 Å². The lowest BCUT2D eigenvalue weighted by molar-refractivity contribution is 0.355. The molecule has 120 valence electrons. The van der Waals surface area contributed by atoms with Crippen LogP contribution in [0, 0.1) is 6.92 Å². The number of aromatic nitrogens is 2. The van der Waals surface area contributed by atoms with E-state index in [-0.39, 0.29) is 10.2 Å². The molecule has 2 rings (SSSR count). The Labute approximate surface area is 133 Å². The number of aryl methyl sites for hydroxylation is 2. The van der Waals surface area contributed by atoms with E-state index in [1.165, 1.54) is 25.1 Å². The third-order valence-corrected chi connectivity index (χ3v) is 4.92. The molecule has 1 N–H and O–H groups in total. The maximum absolute atomic E-state index is 12.4. The molecule has 1 aromatic carbocycles. The van der Waals surface area contributed by atoms with Crippen molar-refractivity contribution in [3.8, 4) is 11.5 Å². The molecule has 0 spiro atoms. The molecule has 0 radical (unpaired) electrons. The average molecular weight is 346 g/mol. The van der Waals surface area contributed by atoms with Gasteiger partial charge in [0, 0.05) is 13.1 Å². The minimum absolute atomic E-state index is 0.0330. The number of hydrogen-bond donors (Lipinski definition) is 1. The van der Waals surface area contributed by atoms with Gasteiger partial charge in [0.15, 0.2) is 11.5 Å². The van der Waals surface area contributed by atoms with Crippen LogP contribution in [0.5, 0.6) is 11.5 Å². The Bertz CT molecular complexity index is 802. The Morgan fingerprint density at radius 3 is 2.32 bits per heavy atom. The van der Waals surface area contributed by atoms with E-state index in [1.54, 1.807) is 26.1 Å². The largest absolute Gasteiger partial charge is 0.493 e. The molecule has 9 heteroatoms. The van der Waals surface area contributed by atoms with Gasteiger partial charge in [-0.2, -0.15) is 8.42 Å². The molecule has 0 aliphatic carbocycles. The Morgan fingerprint density at radius 1 is 1.23 bits per heavy atom. The molecule has 0 saturated carbocycles. The topological polar surface area (TPSA) is 82.5 Å². The van der Waals surface area contributed by atoms with Crippen LogP contribution in [0.1, 0.15) is 5.56 Å². The van der Waals surface area contributed by atoms with Crippen LogP contribution < -0.4 is 14.2 Å². The van der Waals surface area contributed by atoms with E-state index >= 15 is 0 Å². The van der Waals surface area contributed by atoms with Gasteiger partial charge in [0.05, 0.1) is 26.2 Å². The van der Waals surface area contributed by atoms with Crippen molar-refractivity contribution >= 4 is 27.3 Å². The molecular weight excluding hydrogens is 330 g/mol. The van der Waals surface area contributed by atoms with Gasteiger partial charge in [-0.25, -0.2) is 4.98 Å². The summed E-state index contributed by atoms with van der Waals surface area (Å²) in [5.74, 6) is 0.928. The summed E-state index contributed by atoms with van der Waals surface area (Å²) in [7, 11) is 0.689. The standard InChI is InChI=1S/C13H16ClN3O4S/c1-8-5-10(20-3)11(21-4)6-9(8)16-22(18,19)13-12(14)17(2)7-15-13/h5-7,16H,1-4H3. The SMILES string of the molecule is COc1cc(C)c(NS(=O)(=O)c2ncn(C)c2Cl)cc1OC. The highest BCUT2D eigenvalue weighted by Crippen LogP contribution is 2.34. The smallest absolute Gasteiger partial charge is 0.282 e. The Balaban J connectivity index is 2.44. The number of anilines is 1. The summed E-state index contributed by atoms with van der Waals surface area (Å²) in [6, 6.07) is 3.22. The summed E-state index contributed by atoms with van der Waals surface area (Å²) in [4.78, 5) is 3.81. The van der Waals surface area contributed by atoms with Crippen LogP contribution in [-0.2, 0) is 17.1 Å². The number of hydrogen-bond acceptors (Lipinski definition) is 5. The minimum Gasteiger partial charge on any atom is -0.493 e. The van der Waals surface area contributed by atoms with E-state index in [1.807, 2.05) is 0 Å². The van der Waals surface area contributed by atoms with Gasteiger partial charge < -0.3 is 14.0 Å². The van der Waals surface area contributed by atoms with Crippen molar-refractivity contribution in [3.63, 3.8) is 0 Å². The molecule has 0 aliphatic heterocycles. The van der Waals surface area contributed by atoms with Gasteiger partial charge in [-0.15, -0.1) is 0 Å². The number of halogens is 1. The minimum atomic E-state index is -3.90. The maximum atomic E-state index is 12.4. The molecule has 0 fully saturated rings. The summed E-state index contributed by atoms with van der Waals surface area (Å²) in [5.41, 5.74) is 1.03. The van der Waals surface area contributed by atoms with Gasteiger partial charge in [0.25, 0.3) is 10.0 Å². The number of ether oxygens (including phenoxy) is 2. The molecular formula is C13H16ClN3O4S. The third-order valence-electron chi connectivity index (χ3n) is 3.06. The van der Waals surface area contributed by atoms with Crippen molar-refractivity contribution in [2.24, 2.45) is 7.05 Å². The monoisotopic (exact) mass is 345 g/mol. The predicted molar refractivity (Wildman–Crippen MR) is 83.3 cm³/mol. The van der Waals surface area contributed by atoms with Crippen molar-refractivity contribution in [3.05, 3.63) is 29.2 Å². The number of methoxy groups -OCH3 is 2. The number of imidazole rings is 1. The molecule has 2 aromatic rings. The summed E-state index contributed by atoms with van der Waals surface area (Å²) in [5, 5.41) is -0.198. The maximum Gasteiger partial charge on any atom is 0.282 e. The van der Waals surface area contributed by atoms with E-state index in [2.05, 4.69) is 9.71 Å². The van der Waals surface area contributed by atoms with E-state index in [0.29, 0.717) is 22.7 Å². The summed E-state index contributed by atoms with van der Waals surface area (Å²) < 4.78 is 39.0. The summed E-state index contributed by atoms with van der Waals surface area (Å²) in [6.45, 7) is 1.75. The molecule has 0 unspecified atom stereocenters. The zero-order valence-corrected chi connectivity index (χ0v) is 14.1. The van der Waals surface area contributed by atoms with E-state index in [9.17, 15) is 8.42 Å². The number of benzene rings is 1. The zero-order chi connectivity index (χ0) is 16.5. The number of nitrogens with zero attached hydrogens (tertiary/aromatic N) is 2. The number of nitrogens with one attached hydrogen (secondary N) is 1. The fourth-order valence-electron chi connectivity index (χ4n) is 1.86. The fourth-order valence-corrected chi connectivity index (χ4v) is 3.41. The van der Waals surface area contributed by atoms with Crippen LogP contribution in [0.15, 0.2) is 23.5 Å². The Kier molecular flexibility index (Phi) is 4.52. The fraction of sp³-hybridized carbons (Fsp3) is 0.308. The first-order valence-electron chi connectivity index (χ1n) is 6.22. The predicted octanol–water partition coefficient (Wildman–Crippen LogP) is 2.20. The van der Waals surface area contributed by atoms with Crippen molar-refractivity contribution in [2.75, 3.05) is 18.9 Å². The number of sulfonamides is 1. The lowest BCUT2D eigenvalue weighted by Gasteiger charge is -2.14. The van der Waals surface area contributed by atoms with E-state index < -0.39 is 10.0 Å². The van der Waals surface area contributed by atoms with Crippen molar-refractivity contribution in [2.45, 2.75) is 11.9 Å². The Hall–Kier alpha value is -1.93. The summed E-state index contributed by atoms with van der Waals surface area (Å²) >= 11 is 5.94. The molecule has 0 amide bonds. The normalized spacial score (nSPS) is 11.3. The lowest BCUT2D eigenvalue weighted by Crippen LogP contribution is -2.15. The van der Waals surface area contributed by atoms with Crippen LogP contribution in [0.2, 0.25) is 5.15 Å². The lowest BCUT2D eigenvalue weighted by atomic mass is 10.2. The van der Waals surface area contributed by atoms with Gasteiger partial charge >= 0.3 is 0 Å². The average Bonchev–Trinajstić information content (AvgIpc) is 2.81. The molecule has 0 aliphatic rings. The van der Waals surface area contributed by atoms with Crippen LogP contribution in [0.3, 0.4) is 0 Å². The second kappa shape index (κ2) is 6.05. The molecule has 0 saturated heterocycles. The Morgan fingerprint density at radius 2 is 1.82 bits per heavy atom. The van der Waals surface area contributed by atoms with E-state index in [0.717, 1.165) is 0 Å². The zero-order valence-electron chi connectivity index (χ0n) is 12.5. The van der Waals surface area contributed by atoms with Gasteiger partial charge in [0.2, 0.25) is 5.03 Å². The first-order chi connectivity index (χ1) is 10.3. The molecule has 1 heterocycles. The van der Waals surface area contributed by atoms with Gasteiger partial charge in [-0.3, -0.25) is 4.72 Å². The molecule has 7 nitrogen and oxygen atoms in total. The number of rotatable bonds is 5. The first kappa shape index (κ1) is 16.4. The summed E-state index contributed by atoms with van der Waals surface area (Å²) in [6.07, 6.45) is 1.33. The highest BCUT2D eigenvalue weighted by atomic mass is 35.5. The first-order valence-corrected chi connectivity index (χ1v) is 8.08. The molecule has 1 aromatic heterocycles. The van der Waals surface area contributed by atoms with Gasteiger partial charge in [-0.1, -0.05) is 11.6 Å². The molecule has 0 atom stereocenters. The van der Waals surface area contributed by atoms with Crippen LogP contribution in [-0.4, -0.2) is 32.2 Å². The quantitative estimate of drug-likeness (QED) is 0.898. The highest BCUT2D eigenvalue weighted by Gasteiger charge is 2.23. The third kappa shape index (κ3) is 2.97. The van der Waals surface area contributed by atoms with E-state index in [4.69, 9.17) is 21.1 Å². The second-order valence-electron chi connectivity index (χ2n) is 4.58. The van der Waals surface area contributed by atoms with Gasteiger partial charge in [-0.05, 0) is 18.6 Å². The molecule has 22 heavy (non-hydrogen) atoms. The van der Waals surface area contributed by atoms with Crippen LogP contribution in [0.25, 0.3) is 0 Å². The van der Waals surface area contributed by atoms with Crippen LogP contribution in [0.4, 0.5) is 5.69 Å². The van der Waals surface area contributed by atoms with Crippen molar-refractivity contribution < 1.29 is 17.9 Å². The highest BCUT2D eigenvalue weighted by molar-refractivity contribution is 7.92. The van der Waals surface area contributed by atoms with Crippen LogP contribution >= 0.6 is 11.6 Å². The van der Waals surface area contributed by atoms with Crippen molar-refractivity contribution in [1.82, 2.24) is 9.55 Å². The van der Waals surface area contributed by atoms with Gasteiger partial charge in [0.1, 0.15) is 5.15 Å². The second-order valence-corrected chi connectivity index (χ2v) is 6.53.